The largest absolute Gasteiger partial charge is 0.416 e. The molecule has 0 bridgehead atoms. The van der Waals surface area contributed by atoms with Crippen LogP contribution in [0.1, 0.15) is 68.7 Å². The van der Waals surface area contributed by atoms with E-state index >= 15 is 0 Å². The lowest BCUT2D eigenvalue weighted by Crippen LogP contribution is -2.61. The van der Waals surface area contributed by atoms with Gasteiger partial charge < -0.3 is 30.7 Å². The molecule has 0 aromatic heterocycles. The van der Waals surface area contributed by atoms with Crippen LogP contribution in [0.3, 0.4) is 0 Å². The van der Waals surface area contributed by atoms with Gasteiger partial charge in [-0.2, -0.15) is 13.2 Å². The summed E-state index contributed by atoms with van der Waals surface area (Å²) in [5.41, 5.74) is -0.569. The average molecular weight is 773 g/mol. The van der Waals surface area contributed by atoms with E-state index in [2.05, 4.69) is 16.0 Å². The van der Waals surface area contributed by atoms with Gasteiger partial charge in [0, 0.05) is 32.1 Å². The van der Waals surface area contributed by atoms with E-state index in [4.69, 9.17) is 4.74 Å². The molecule has 55 heavy (non-hydrogen) atoms. The third-order valence-corrected chi connectivity index (χ3v) is 10.9. The summed E-state index contributed by atoms with van der Waals surface area (Å²) in [7, 11) is 0. The van der Waals surface area contributed by atoms with Crippen molar-refractivity contribution in [3.63, 3.8) is 0 Å². The Kier molecular flexibility index (Phi) is 13.7. The van der Waals surface area contributed by atoms with Gasteiger partial charge in [0.2, 0.25) is 17.7 Å². The molecule has 2 saturated heterocycles. The average Bonchev–Trinajstić information content (AvgIpc) is 3.74. The van der Waals surface area contributed by atoms with E-state index in [1.807, 2.05) is 44.2 Å². The minimum absolute atomic E-state index is 0.106. The predicted octanol–water partition coefficient (Wildman–Crippen LogP) is 5.47. The van der Waals surface area contributed by atoms with Gasteiger partial charge in [-0.1, -0.05) is 62.7 Å². The second-order valence-corrected chi connectivity index (χ2v) is 14.7. The number of aliphatic hydroxyl groups excluding tert-OH is 1. The zero-order valence-electron chi connectivity index (χ0n) is 31.2. The van der Waals surface area contributed by atoms with E-state index in [-0.39, 0.29) is 68.7 Å². The number of halogens is 5. The Morgan fingerprint density at radius 1 is 1.02 bits per heavy atom. The monoisotopic (exact) mass is 772 g/mol. The van der Waals surface area contributed by atoms with Crippen LogP contribution in [0.25, 0.3) is 0 Å². The molecule has 7 atom stereocenters. The Morgan fingerprint density at radius 2 is 1.71 bits per heavy atom. The van der Waals surface area contributed by atoms with Gasteiger partial charge in [0.15, 0.2) is 0 Å². The molecule has 9 nitrogen and oxygen atoms in total. The van der Waals surface area contributed by atoms with Gasteiger partial charge in [-0.3, -0.25) is 14.4 Å². The molecule has 3 amide bonds. The van der Waals surface area contributed by atoms with Crippen molar-refractivity contribution in [3.05, 3.63) is 107 Å². The van der Waals surface area contributed by atoms with Crippen LogP contribution in [0, 0.1) is 17.6 Å². The van der Waals surface area contributed by atoms with Crippen molar-refractivity contribution >= 4 is 17.7 Å². The second kappa shape index (κ2) is 18.0. The number of carbonyl (C=O) groups excluding carboxylic acids is 3. The predicted molar refractivity (Wildman–Crippen MR) is 195 cm³/mol. The lowest BCUT2D eigenvalue weighted by Gasteiger charge is -2.36. The molecule has 2 heterocycles. The van der Waals surface area contributed by atoms with Crippen molar-refractivity contribution in [2.45, 2.75) is 108 Å². The van der Waals surface area contributed by atoms with Gasteiger partial charge in [-0.25, -0.2) is 8.78 Å². The van der Waals surface area contributed by atoms with E-state index < -0.39 is 65.2 Å². The zero-order chi connectivity index (χ0) is 39.9. The van der Waals surface area contributed by atoms with Gasteiger partial charge in [0.1, 0.15) is 23.2 Å². The summed E-state index contributed by atoms with van der Waals surface area (Å²) in [4.78, 5) is 42.6. The summed E-state index contributed by atoms with van der Waals surface area (Å²) in [6.07, 6.45) is -4.75. The molecule has 5 rings (SSSR count). The first kappa shape index (κ1) is 41.8. The zero-order valence-corrected chi connectivity index (χ0v) is 31.2. The van der Waals surface area contributed by atoms with Gasteiger partial charge in [-0.15, -0.1) is 0 Å². The van der Waals surface area contributed by atoms with Crippen LogP contribution in [0.2, 0.25) is 0 Å². The minimum atomic E-state index is -4.50. The number of ether oxygens (including phenoxy) is 1. The van der Waals surface area contributed by atoms with Crippen molar-refractivity contribution < 1.29 is 46.2 Å². The quantitative estimate of drug-likeness (QED) is 0.144. The maximum Gasteiger partial charge on any atom is 0.416 e. The van der Waals surface area contributed by atoms with Crippen molar-refractivity contribution in [1.29, 1.82) is 0 Å². The number of amides is 3. The first-order chi connectivity index (χ1) is 26.1. The molecule has 0 unspecified atom stereocenters. The molecule has 3 aromatic rings. The Bertz CT molecular complexity index is 1780. The van der Waals surface area contributed by atoms with Gasteiger partial charge >= 0.3 is 6.18 Å². The molecular weight excluding hydrogens is 723 g/mol. The molecular formula is C41H49F5N4O5. The molecule has 3 aromatic carbocycles. The van der Waals surface area contributed by atoms with E-state index in [1.54, 1.807) is 0 Å². The standard InChI is InChI=1S/C41H49F5N4O5/c1-4-25(2)40(49-26(3)51)15-16-50(39(40)54)36(14-13-27-9-6-5-7-10-27)38(53)48-35(20-29-18-31(42)21-32(43)19-29)37(52)34-22-33(23-47-34)55-24-28-11-8-12-30(17-28)41(44,45)46/h5-12,17-19,21,25,33-37,47,52H,4,13-16,20,22-24H2,1-3H3,(H,48,53)(H,49,51)/t25-,33-,34-,35+,36+,37-,40+/m1/s1. The molecule has 2 aliphatic rings. The number of benzene rings is 3. The van der Waals surface area contributed by atoms with Gasteiger partial charge in [0.05, 0.1) is 30.4 Å². The summed E-state index contributed by atoms with van der Waals surface area (Å²) >= 11 is 0. The number of nitrogens with zero attached hydrogens (tertiary/aromatic N) is 1. The summed E-state index contributed by atoms with van der Waals surface area (Å²) in [5, 5.41) is 20.8. The molecule has 0 spiro atoms. The smallest absolute Gasteiger partial charge is 0.389 e. The highest BCUT2D eigenvalue weighted by molar-refractivity contribution is 5.96. The number of aliphatic hydroxyl groups is 1. The number of likely N-dealkylation sites (tertiary alicyclic amines) is 1. The fraction of sp³-hybridized carbons (Fsp3) is 0.488. The minimum Gasteiger partial charge on any atom is -0.389 e. The van der Waals surface area contributed by atoms with E-state index in [0.717, 1.165) is 35.9 Å². The second-order valence-electron chi connectivity index (χ2n) is 14.7. The molecule has 298 valence electrons. The van der Waals surface area contributed by atoms with Crippen LogP contribution in [0.5, 0.6) is 0 Å². The number of nitrogens with one attached hydrogen (secondary N) is 3. The van der Waals surface area contributed by atoms with Crippen molar-refractivity contribution in [3.8, 4) is 0 Å². The summed E-state index contributed by atoms with van der Waals surface area (Å²) in [6.45, 7) is 5.48. The molecule has 0 saturated carbocycles. The molecule has 0 radical (unpaired) electrons. The number of carbonyl (C=O) groups is 3. The maximum absolute atomic E-state index is 14.5. The van der Waals surface area contributed by atoms with Crippen molar-refractivity contribution in [2.24, 2.45) is 5.92 Å². The van der Waals surface area contributed by atoms with Crippen molar-refractivity contribution in [2.75, 3.05) is 13.1 Å². The Labute approximate surface area is 318 Å². The van der Waals surface area contributed by atoms with Crippen LogP contribution in [0.4, 0.5) is 22.0 Å². The first-order valence-electron chi connectivity index (χ1n) is 18.7. The lowest BCUT2D eigenvalue weighted by atomic mass is 9.81. The van der Waals surface area contributed by atoms with Crippen molar-refractivity contribution in [1.82, 2.24) is 20.9 Å². The molecule has 2 fully saturated rings. The number of alkyl halides is 3. The molecule has 2 aliphatic heterocycles. The van der Waals surface area contributed by atoms with Crippen LogP contribution >= 0.6 is 0 Å². The summed E-state index contributed by atoms with van der Waals surface area (Å²) < 4.78 is 74.3. The van der Waals surface area contributed by atoms with Crippen LogP contribution in [-0.4, -0.2) is 76.7 Å². The SMILES string of the molecule is CC[C@@H](C)[C@@]1(NC(C)=O)CCN([C@@H](CCc2ccccc2)C(=O)N[C@@H](Cc2cc(F)cc(F)c2)[C@H](O)[C@H]2C[C@@H](OCc3cccc(C(F)(F)F)c3)CN2)C1=O. The summed E-state index contributed by atoms with van der Waals surface area (Å²) in [6, 6.07) is 14.4. The first-order valence-corrected chi connectivity index (χ1v) is 18.7. The number of rotatable bonds is 16. The number of aryl methyl sites for hydroxylation is 1. The normalized spacial score (nSPS) is 22.3. The van der Waals surface area contributed by atoms with E-state index in [9.17, 15) is 41.4 Å². The van der Waals surface area contributed by atoms with Gasteiger partial charge in [-0.05, 0) is 79.0 Å². The van der Waals surface area contributed by atoms with Crippen LogP contribution in [-0.2, 0) is 44.7 Å². The third-order valence-electron chi connectivity index (χ3n) is 10.9. The molecule has 0 aliphatic carbocycles. The highest BCUT2D eigenvalue weighted by Crippen LogP contribution is 2.35. The topological polar surface area (TPSA) is 120 Å². The maximum atomic E-state index is 14.5. The van der Waals surface area contributed by atoms with E-state index in [0.29, 0.717) is 18.4 Å². The van der Waals surface area contributed by atoms with Gasteiger partial charge in [0.25, 0.3) is 0 Å². The summed E-state index contributed by atoms with van der Waals surface area (Å²) in [5.74, 6) is -3.23. The van der Waals surface area contributed by atoms with E-state index in [1.165, 1.54) is 24.0 Å². The number of hydrogen-bond acceptors (Lipinski definition) is 6. The Morgan fingerprint density at radius 3 is 2.36 bits per heavy atom. The van der Waals surface area contributed by atoms with Crippen LogP contribution < -0.4 is 16.0 Å². The Balaban J connectivity index is 1.37. The molecule has 14 heteroatoms. The Hall–Kier alpha value is -4.40. The van der Waals surface area contributed by atoms with Crippen LogP contribution in [0.15, 0.2) is 72.8 Å². The third kappa shape index (κ3) is 10.5. The highest BCUT2D eigenvalue weighted by atomic mass is 19.4. The lowest BCUT2D eigenvalue weighted by molar-refractivity contribution is -0.144. The highest BCUT2D eigenvalue weighted by Gasteiger charge is 2.53. The number of hydrogen-bond donors (Lipinski definition) is 4. The molecule has 4 N–H and O–H groups in total. The fourth-order valence-corrected chi connectivity index (χ4v) is 7.76. The fourth-order valence-electron chi connectivity index (χ4n) is 7.76.